The molecule has 0 amide bonds. The Hall–Kier alpha value is -2.08. The summed E-state index contributed by atoms with van der Waals surface area (Å²) in [7, 11) is 1.23. The molecular weight excluding hydrogens is 298 g/mol. The predicted molar refractivity (Wildman–Crippen MR) is 82.0 cm³/mol. The highest BCUT2D eigenvalue weighted by Gasteiger charge is 2.51. The van der Waals surface area contributed by atoms with Crippen molar-refractivity contribution in [2.45, 2.75) is 37.5 Å². The fraction of sp³-hybridized carbons (Fsp3) is 0.529. The Morgan fingerprint density at radius 2 is 2.13 bits per heavy atom. The molecule has 2 fully saturated rings. The van der Waals surface area contributed by atoms with Crippen LogP contribution in [0.2, 0.25) is 0 Å². The van der Waals surface area contributed by atoms with E-state index in [1.165, 1.54) is 24.1 Å². The van der Waals surface area contributed by atoms with E-state index in [1.807, 2.05) is 0 Å². The molecule has 6 nitrogen and oxygen atoms in total. The number of carbonyl (C=O) groups excluding carboxylic acids is 2. The van der Waals surface area contributed by atoms with Gasteiger partial charge in [0.05, 0.1) is 7.11 Å². The number of hydrogen-bond acceptors (Lipinski definition) is 6. The van der Waals surface area contributed by atoms with E-state index in [-0.39, 0.29) is 23.8 Å². The van der Waals surface area contributed by atoms with Crippen molar-refractivity contribution in [3.63, 3.8) is 0 Å². The van der Waals surface area contributed by atoms with Gasteiger partial charge < -0.3 is 14.6 Å². The summed E-state index contributed by atoms with van der Waals surface area (Å²) in [5.74, 6) is -2.44. The van der Waals surface area contributed by atoms with Crippen LogP contribution in [0.3, 0.4) is 0 Å². The van der Waals surface area contributed by atoms with Crippen LogP contribution in [0.15, 0.2) is 24.3 Å². The molecule has 3 rings (SSSR count). The summed E-state index contributed by atoms with van der Waals surface area (Å²) in [5, 5.41) is 9.82. The second-order valence-corrected chi connectivity index (χ2v) is 5.95. The second-order valence-electron chi connectivity index (χ2n) is 5.95. The van der Waals surface area contributed by atoms with Crippen LogP contribution in [-0.4, -0.2) is 54.2 Å². The number of phenolic OH excluding ortho intramolecular Hbond substituents is 1. The van der Waals surface area contributed by atoms with Crippen molar-refractivity contribution in [2.24, 2.45) is 5.92 Å². The lowest BCUT2D eigenvalue weighted by molar-refractivity contribution is -0.156. The molecule has 0 unspecified atom stereocenters. The third kappa shape index (κ3) is 2.79. The average molecular weight is 322 g/mol. The van der Waals surface area contributed by atoms with E-state index in [4.69, 9.17) is 13.6 Å². The molecule has 0 aromatic heterocycles. The van der Waals surface area contributed by atoms with E-state index in [0.29, 0.717) is 12.8 Å². The van der Waals surface area contributed by atoms with Crippen molar-refractivity contribution in [1.82, 2.24) is 4.90 Å². The van der Waals surface area contributed by atoms with Gasteiger partial charge in [0.1, 0.15) is 23.3 Å². The molecule has 0 radical (unpaired) electrons. The van der Waals surface area contributed by atoms with Crippen molar-refractivity contribution in [3.05, 3.63) is 29.8 Å². The van der Waals surface area contributed by atoms with Gasteiger partial charge in [-0.05, 0) is 32.0 Å². The van der Waals surface area contributed by atoms with Gasteiger partial charge in [-0.25, -0.2) is 4.79 Å². The zero-order chi connectivity index (χ0) is 19.1. The highest BCUT2D eigenvalue weighted by molar-refractivity contribution is 5.92. The molecule has 1 N–H and O–H groups in total. The van der Waals surface area contributed by atoms with Crippen LogP contribution in [0.25, 0.3) is 0 Å². The summed E-state index contributed by atoms with van der Waals surface area (Å²) >= 11 is 0. The summed E-state index contributed by atoms with van der Waals surface area (Å²) in [5.41, 5.74) is 0.00159. The van der Waals surface area contributed by atoms with Gasteiger partial charge in [-0.3, -0.25) is 9.69 Å². The molecule has 2 aliphatic rings. The molecule has 0 saturated carbocycles. The van der Waals surface area contributed by atoms with Crippen molar-refractivity contribution >= 4 is 11.9 Å². The van der Waals surface area contributed by atoms with E-state index in [0.717, 1.165) is 0 Å². The topological polar surface area (TPSA) is 76.1 Å². The zero-order valence-corrected chi connectivity index (χ0v) is 12.8. The Balaban J connectivity index is 1.86. The average Bonchev–Trinajstić information content (AvgIpc) is 2.90. The molecule has 124 valence electrons. The number of para-hydroxylation sites is 1. The van der Waals surface area contributed by atoms with Gasteiger partial charge in [-0.1, -0.05) is 12.1 Å². The third-order valence-electron chi connectivity index (χ3n) is 4.72. The number of phenols is 1. The van der Waals surface area contributed by atoms with Gasteiger partial charge in [0.2, 0.25) is 0 Å². The van der Waals surface area contributed by atoms with E-state index in [2.05, 4.69) is 0 Å². The molecule has 23 heavy (non-hydrogen) atoms. The zero-order valence-electron chi connectivity index (χ0n) is 15.8. The van der Waals surface area contributed by atoms with Gasteiger partial charge in [-0.2, -0.15) is 0 Å². The minimum absolute atomic E-state index is 0.00159. The van der Waals surface area contributed by atoms with Gasteiger partial charge >= 0.3 is 11.9 Å². The maximum atomic E-state index is 12.4. The summed E-state index contributed by atoms with van der Waals surface area (Å²) in [6.07, 6.45) is 0.563. The number of esters is 2. The number of carbonyl (C=O) groups is 2. The summed E-state index contributed by atoms with van der Waals surface area (Å²) in [4.78, 5) is 26.2. The van der Waals surface area contributed by atoms with Gasteiger partial charge in [0.25, 0.3) is 0 Å². The molecule has 2 heterocycles. The normalized spacial score (nSPS) is 32.5. The van der Waals surface area contributed by atoms with Crippen LogP contribution in [-0.2, 0) is 14.3 Å². The smallest absolute Gasteiger partial charge is 0.342 e. The summed E-state index contributed by atoms with van der Waals surface area (Å²) in [6, 6.07) is 5.10. The Morgan fingerprint density at radius 1 is 1.35 bits per heavy atom. The molecule has 2 saturated heterocycles. The van der Waals surface area contributed by atoms with Gasteiger partial charge in [0.15, 0.2) is 0 Å². The van der Waals surface area contributed by atoms with Gasteiger partial charge in [0, 0.05) is 22.6 Å². The monoisotopic (exact) mass is 322 g/mol. The standard InChI is InChI=1S/C17H21NO5/c1-18-10-7-8-12(18)15(17(21)22-2)14(9-10)23-16(20)11-5-3-4-6-13(11)19/h3-6,10,12,14-15,19H,7-9H2,1-2H3/t10-,12+,14-,15+/m0/s1/i1D3. The fourth-order valence-electron chi connectivity index (χ4n) is 3.57. The Kier molecular flexibility index (Phi) is 3.33. The number of nitrogens with zero attached hydrogens (tertiary/aromatic N) is 1. The molecule has 1 aromatic carbocycles. The highest BCUT2D eigenvalue weighted by atomic mass is 16.6. The summed E-state index contributed by atoms with van der Waals surface area (Å²) < 4.78 is 33.6. The van der Waals surface area contributed by atoms with E-state index in [1.54, 1.807) is 12.1 Å². The quantitative estimate of drug-likeness (QED) is 0.852. The maximum absolute atomic E-state index is 12.4. The first kappa shape index (κ1) is 12.4. The molecule has 1 aromatic rings. The van der Waals surface area contributed by atoms with E-state index in [9.17, 15) is 14.7 Å². The van der Waals surface area contributed by atoms with Gasteiger partial charge in [-0.15, -0.1) is 0 Å². The number of hydrogen-bond donors (Lipinski definition) is 1. The van der Waals surface area contributed by atoms with Crippen molar-refractivity contribution in [1.29, 1.82) is 0 Å². The number of rotatable bonds is 3. The molecule has 6 heteroatoms. The number of fused-ring (bicyclic) bond motifs is 2. The lowest BCUT2D eigenvalue weighted by Gasteiger charge is -2.40. The second kappa shape index (κ2) is 6.20. The molecule has 0 spiro atoms. The van der Waals surface area contributed by atoms with Crippen LogP contribution >= 0.6 is 0 Å². The van der Waals surface area contributed by atoms with Crippen LogP contribution in [0.1, 0.15) is 33.7 Å². The predicted octanol–water partition coefficient (Wildman–Crippen LogP) is 1.57. The maximum Gasteiger partial charge on any atom is 0.342 e. The van der Waals surface area contributed by atoms with Crippen molar-refractivity contribution in [2.75, 3.05) is 14.1 Å². The number of piperidine rings is 1. The Morgan fingerprint density at radius 3 is 2.83 bits per heavy atom. The lowest BCUT2D eigenvalue weighted by Crippen LogP contribution is -2.53. The first-order valence-corrected chi connectivity index (χ1v) is 7.59. The molecular formula is C17H21NO5. The lowest BCUT2D eigenvalue weighted by atomic mass is 9.87. The number of benzene rings is 1. The van der Waals surface area contributed by atoms with Crippen LogP contribution in [0, 0.1) is 5.92 Å². The van der Waals surface area contributed by atoms with E-state index >= 15 is 0 Å². The highest BCUT2D eigenvalue weighted by Crippen LogP contribution is 2.40. The number of aromatic hydroxyl groups is 1. The first-order chi connectivity index (χ1) is 12.2. The largest absolute Gasteiger partial charge is 0.507 e. The Labute approximate surface area is 139 Å². The van der Waals surface area contributed by atoms with Crippen LogP contribution in [0.4, 0.5) is 0 Å². The van der Waals surface area contributed by atoms with Crippen LogP contribution < -0.4 is 0 Å². The fourth-order valence-corrected chi connectivity index (χ4v) is 3.57. The molecule has 2 aliphatic heterocycles. The summed E-state index contributed by atoms with van der Waals surface area (Å²) in [6.45, 7) is -2.33. The minimum atomic E-state index is -2.33. The minimum Gasteiger partial charge on any atom is -0.507 e. The Bertz CT molecular complexity index is 708. The number of ether oxygens (including phenoxy) is 2. The van der Waals surface area contributed by atoms with E-state index < -0.39 is 37.0 Å². The molecule has 4 atom stereocenters. The SMILES string of the molecule is [2H]C([2H])([2H])N1[C@H]2CC[C@@H]1[C@@H](C(=O)OC)[C@@H](OC(=O)c1ccccc1O)C2. The third-order valence-corrected chi connectivity index (χ3v) is 4.72. The van der Waals surface area contributed by atoms with Crippen molar-refractivity contribution in [3.8, 4) is 5.75 Å². The van der Waals surface area contributed by atoms with Crippen LogP contribution in [0.5, 0.6) is 5.75 Å². The van der Waals surface area contributed by atoms with Crippen molar-refractivity contribution < 1.29 is 28.3 Å². The molecule has 0 aliphatic carbocycles. The number of methoxy groups -OCH3 is 1. The first-order valence-electron chi connectivity index (χ1n) is 9.09. The molecule has 2 bridgehead atoms.